The summed E-state index contributed by atoms with van der Waals surface area (Å²) in [6, 6.07) is 12.1. The van der Waals surface area contributed by atoms with Crippen LogP contribution in [0, 0.1) is 0 Å². The topological polar surface area (TPSA) is 146 Å². The molecule has 0 spiro atoms. The van der Waals surface area contributed by atoms with Gasteiger partial charge in [-0.3, -0.25) is 0 Å². The molecule has 1 aliphatic rings. The molecule has 2 aromatic carbocycles. The maximum Gasteiger partial charge on any atom is 0.222 e. The van der Waals surface area contributed by atoms with E-state index in [4.69, 9.17) is 15.2 Å². The van der Waals surface area contributed by atoms with Gasteiger partial charge in [0.1, 0.15) is 30.2 Å². The summed E-state index contributed by atoms with van der Waals surface area (Å²) in [6.07, 6.45) is -7.31. The molecule has 1 heterocycles. The van der Waals surface area contributed by atoms with Crippen LogP contribution in [-0.2, 0) is 16.9 Å². The predicted molar refractivity (Wildman–Crippen MR) is 105 cm³/mol. The zero-order chi connectivity index (χ0) is 21.3. The van der Waals surface area contributed by atoms with Crippen molar-refractivity contribution in [1.29, 1.82) is 0 Å². The lowest BCUT2D eigenvalue weighted by atomic mass is 9.83. The van der Waals surface area contributed by atoms with Crippen molar-refractivity contribution in [2.75, 3.05) is 12.8 Å². The molecule has 2 aromatic rings. The summed E-state index contributed by atoms with van der Waals surface area (Å²) >= 11 is 0. The van der Waals surface area contributed by atoms with Crippen molar-refractivity contribution >= 4 is 5.69 Å². The van der Waals surface area contributed by atoms with Gasteiger partial charge in [-0.15, -0.1) is 0 Å². The second-order valence-electron chi connectivity index (χ2n) is 7.39. The quantitative estimate of drug-likeness (QED) is 0.378. The van der Waals surface area contributed by atoms with E-state index >= 15 is 0 Å². The monoisotopic (exact) mass is 405 g/mol. The smallest absolute Gasteiger partial charge is 0.222 e. The van der Waals surface area contributed by atoms with Gasteiger partial charge in [-0.05, 0) is 48.7 Å². The van der Waals surface area contributed by atoms with Crippen LogP contribution in [0.2, 0.25) is 0 Å². The molecule has 8 nitrogen and oxygen atoms in total. The Labute approximate surface area is 168 Å². The molecule has 1 aliphatic heterocycles. The molecule has 1 saturated heterocycles. The molecule has 1 fully saturated rings. The second kappa shape index (κ2) is 8.27. The van der Waals surface area contributed by atoms with Gasteiger partial charge in [0.25, 0.3) is 0 Å². The number of aliphatic hydroxyl groups is 5. The van der Waals surface area contributed by atoms with Gasteiger partial charge in [0, 0.05) is 11.3 Å². The van der Waals surface area contributed by atoms with Crippen LogP contribution in [0.4, 0.5) is 5.69 Å². The van der Waals surface area contributed by atoms with Crippen LogP contribution in [-0.4, -0.2) is 63.2 Å². The number of benzene rings is 2. The molecule has 0 unspecified atom stereocenters. The van der Waals surface area contributed by atoms with Gasteiger partial charge in [0.15, 0.2) is 0 Å². The summed E-state index contributed by atoms with van der Waals surface area (Å²) in [4.78, 5) is 0. The Hall–Kier alpha value is -2.20. The van der Waals surface area contributed by atoms with E-state index in [0.717, 1.165) is 5.56 Å². The minimum atomic E-state index is -2.38. The first kappa shape index (κ1) is 21.5. The fraction of sp³-hybridized carbons (Fsp3) is 0.429. The van der Waals surface area contributed by atoms with E-state index in [9.17, 15) is 25.5 Å². The van der Waals surface area contributed by atoms with Crippen molar-refractivity contribution in [2.45, 2.75) is 49.7 Å². The van der Waals surface area contributed by atoms with Gasteiger partial charge in [-0.2, -0.15) is 0 Å². The molecule has 0 radical (unpaired) electrons. The predicted octanol–water partition coefficient (Wildman–Crippen LogP) is -0.124. The number of aliphatic hydroxyl groups excluding tert-OH is 4. The van der Waals surface area contributed by atoms with E-state index in [2.05, 4.69) is 0 Å². The van der Waals surface area contributed by atoms with Crippen LogP contribution in [0.25, 0.3) is 0 Å². The zero-order valence-corrected chi connectivity index (χ0v) is 16.3. The molecule has 7 N–H and O–H groups in total. The highest BCUT2D eigenvalue weighted by molar-refractivity contribution is 5.48. The van der Waals surface area contributed by atoms with Crippen molar-refractivity contribution < 1.29 is 35.0 Å². The molecule has 158 valence electrons. The van der Waals surface area contributed by atoms with Crippen molar-refractivity contribution in [3.63, 3.8) is 0 Å². The molecule has 8 heteroatoms. The Morgan fingerprint density at radius 1 is 1.10 bits per heavy atom. The van der Waals surface area contributed by atoms with Crippen LogP contribution in [0.15, 0.2) is 42.5 Å². The van der Waals surface area contributed by atoms with E-state index < -0.39 is 36.3 Å². The Morgan fingerprint density at radius 3 is 2.34 bits per heavy atom. The summed E-state index contributed by atoms with van der Waals surface area (Å²) in [5.41, 5.74) is 7.86. The molecule has 0 bridgehead atoms. The maximum atomic E-state index is 11.3. The van der Waals surface area contributed by atoms with Gasteiger partial charge < -0.3 is 40.7 Å². The van der Waals surface area contributed by atoms with Gasteiger partial charge in [0.2, 0.25) is 5.79 Å². The number of nitrogen functional groups attached to an aromatic ring is 1. The van der Waals surface area contributed by atoms with E-state index in [-0.39, 0.29) is 5.56 Å². The van der Waals surface area contributed by atoms with Crippen LogP contribution in [0.1, 0.15) is 23.6 Å². The fourth-order valence-corrected chi connectivity index (χ4v) is 3.61. The third-order valence-electron chi connectivity index (χ3n) is 5.28. The normalized spacial score (nSPS) is 30.7. The first-order valence-corrected chi connectivity index (χ1v) is 9.31. The third-order valence-corrected chi connectivity index (χ3v) is 5.28. The van der Waals surface area contributed by atoms with Crippen molar-refractivity contribution in [2.24, 2.45) is 0 Å². The second-order valence-corrected chi connectivity index (χ2v) is 7.39. The summed E-state index contributed by atoms with van der Waals surface area (Å²) in [5.74, 6) is -1.68. The van der Waals surface area contributed by atoms with Crippen molar-refractivity contribution in [3.05, 3.63) is 59.2 Å². The number of hydrogen-bond acceptors (Lipinski definition) is 8. The number of methoxy groups -OCH3 is 1. The molecular formula is C21H27NO7. The number of nitrogens with two attached hydrogens (primary N) is 1. The van der Waals surface area contributed by atoms with Gasteiger partial charge in [-0.25, -0.2) is 0 Å². The van der Waals surface area contributed by atoms with Crippen LogP contribution in [0.3, 0.4) is 0 Å². The number of hydrogen-bond donors (Lipinski definition) is 6. The van der Waals surface area contributed by atoms with Crippen LogP contribution in [0.5, 0.6) is 5.75 Å². The maximum absolute atomic E-state index is 11.3. The SMILES string of the molecule is COc1ccc(Cc2ccc(N)cc2[C@@]2(O)O[C@H]([C@H](C)O)[C@@H](O)[C@H](O)[C@H]2O)cc1. The van der Waals surface area contributed by atoms with Crippen LogP contribution >= 0.6 is 0 Å². The molecule has 3 rings (SSSR count). The lowest BCUT2D eigenvalue weighted by Gasteiger charge is -2.47. The minimum Gasteiger partial charge on any atom is -0.497 e. The highest BCUT2D eigenvalue weighted by Gasteiger charge is 2.55. The lowest BCUT2D eigenvalue weighted by molar-refractivity contribution is -0.364. The molecule has 0 amide bonds. The Balaban J connectivity index is 2.02. The van der Waals surface area contributed by atoms with Gasteiger partial charge in [-0.1, -0.05) is 18.2 Å². The molecular weight excluding hydrogens is 378 g/mol. The Kier molecular flexibility index (Phi) is 6.13. The summed E-state index contributed by atoms with van der Waals surface area (Å²) in [5, 5.41) is 52.1. The third kappa shape index (κ3) is 4.09. The van der Waals surface area contributed by atoms with Gasteiger partial charge in [0.05, 0.1) is 13.2 Å². The van der Waals surface area contributed by atoms with E-state index in [1.807, 2.05) is 12.1 Å². The van der Waals surface area contributed by atoms with E-state index in [1.54, 1.807) is 31.4 Å². The lowest BCUT2D eigenvalue weighted by Crippen LogP contribution is -2.65. The summed E-state index contributed by atoms with van der Waals surface area (Å²) < 4.78 is 10.7. The summed E-state index contributed by atoms with van der Waals surface area (Å²) in [7, 11) is 1.57. The van der Waals surface area contributed by atoms with Gasteiger partial charge >= 0.3 is 0 Å². The summed E-state index contributed by atoms with van der Waals surface area (Å²) in [6.45, 7) is 1.36. The minimum absolute atomic E-state index is 0.150. The van der Waals surface area contributed by atoms with E-state index in [0.29, 0.717) is 23.4 Å². The first-order chi connectivity index (χ1) is 13.7. The first-order valence-electron chi connectivity index (χ1n) is 9.31. The fourth-order valence-electron chi connectivity index (χ4n) is 3.61. The number of anilines is 1. The number of rotatable bonds is 5. The largest absolute Gasteiger partial charge is 0.497 e. The Morgan fingerprint density at radius 2 is 1.76 bits per heavy atom. The molecule has 0 saturated carbocycles. The number of ether oxygens (including phenoxy) is 2. The average Bonchev–Trinajstić information content (AvgIpc) is 2.71. The molecule has 29 heavy (non-hydrogen) atoms. The van der Waals surface area contributed by atoms with Crippen molar-refractivity contribution in [3.8, 4) is 5.75 Å². The highest BCUT2D eigenvalue weighted by atomic mass is 16.7. The Bertz CT molecular complexity index is 841. The van der Waals surface area contributed by atoms with E-state index in [1.165, 1.54) is 13.0 Å². The van der Waals surface area contributed by atoms with Crippen molar-refractivity contribution in [1.82, 2.24) is 0 Å². The molecule has 0 aromatic heterocycles. The standard InChI is InChI=1S/C21H27NO7/c1-11(23)19-17(24)18(25)20(26)21(27,29-19)16-10-14(22)6-5-13(16)9-12-3-7-15(28-2)8-4-12/h3-8,10-11,17-20,23-27H,9,22H2,1-2H3/t11-,17-,18-,19+,20+,21+/m0/s1. The average molecular weight is 405 g/mol. The molecule has 6 atom stereocenters. The highest BCUT2D eigenvalue weighted by Crippen LogP contribution is 2.40. The molecule has 0 aliphatic carbocycles. The zero-order valence-electron chi connectivity index (χ0n) is 16.3. The van der Waals surface area contributed by atoms with Crippen LogP contribution < -0.4 is 10.5 Å².